The maximum Gasteiger partial charge on any atom is 0.232 e. The lowest BCUT2D eigenvalue weighted by molar-refractivity contribution is 0.141. The minimum absolute atomic E-state index is 0.144. The van der Waals surface area contributed by atoms with E-state index in [4.69, 9.17) is 4.52 Å². The Morgan fingerprint density at radius 3 is 2.58 bits per heavy atom. The highest BCUT2D eigenvalue weighted by Crippen LogP contribution is 2.22. The van der Waals surface area contributed by atoms with Crippen molar-refractivity contribution in [3.05, 3.63) is 47.4 Å². The molecule has 102 valence electrons. The molecule has 1 aromatic carbocycles. The minimum atomic E-state index is -0.524. The second-order valence-corrected chi connectivity index (χ2v) is 4.61. The van der Waals surface area contributed by atoms with Crippen molar-refractivity contribution >= 4 is 0 Å². The zero-order chi connectivity index (χ0) is 13.8. The van der Waals surface area contributed by atoms with E-state index in [9.17, 15) is 9.50 Å². The molecule has 1 aromatic heterocycles. The first-order valence-corrected chi connectivity index (χ1v) is 6.35. The van der Waals surface area contributed by atoms with Crippen LogP contribution in [0.3, 0.4) is 0 Å². The maximum atomic E-state index is 12.8. The third-order valence-electron chi connectivity index (χ3n) is 3.10. The van der Waals surface area contributed by atoms with Crippen LogP contribution in [0.25, 0.3) is 0 Å². The summed E-state index contributed by atoms with van der Waals surface area (Å²) in [6, 6.07) is 6.19. The first kappa shape index (κ1) is 13.7. The summed E-state index contributed by atoms with van der Waals surface area (Å²) in [5, 5.41) is 13.5. The largest absolute Gasteiger partial charge is 0.393 e. The molecule has 0 aliphatic carbocycles. The summed E-state index contributed by atoms with van der Waals surface area (Å²) in [4.78, 5) is 4.29. The van der Waals surface area contributed by atoms with Crippen LogP contribution in [0.15, 0.2) is 28.8 Å². The monoisotopic (exact) mass is 264 g/mol. The van der Waals surface area contributed by atoms with Gasteiger partial charge in [0.15, 0.2) is 5.82 Å². The lowest BCUT2D eigenvalue weighted by Crippen LogP contribution is -2.14. The number of hydrogen-bond donors (Lipinski definition) is 1. The molecule has 0 spiro atoms. The number of rotatable bonds is 5. The first-order chi connectivity index (χ1) is 9.10. The van der Waals surface area contributed by atoms with Gasteiger partial charge in [0.1, 0.15) is 5.82 Å². The number of halogens is 1. The average Bonchev–Trinajstić information content (AvgIpc) is 2.81. The van der Waals surface area contributed by atoms with Gasteiger partial charge in [-0.05, 0) is 31.0 Å². The Labute approximate surface area is 111 Å². The second kappa shape index (κ2) is 5.93. The Morgan fingerprint density at radius 2 is 2.00 bits per heavy atom. The number of benzene rings is 1. The van der Waals surface area contributed by atoms with E-state index >= 15 is 0 Å². The quantitative estimate of drug-likeness (QED) is 0.902. The highest BCUT2D eigenvalue weighted by Gasteiger charge is 2.21. The summed E-state index contributed by atoms with van der Waals surface area (Å²) < 4.78 is 18.0. The van der Waals surface area contributed by atoms with Gasteiger partial charge < -0.3 is 9.63 Å². The van der Waals surface area contributed by atoms with E-state index < -0.39 is 6.10 Å². The van der Waals surface area contributed by atoms with Crippen molar-refractivity contribution in [2.45, 2.75) is 38.7 Å². The Bertz CT molecular complexity index is 522. The highest BCUT2D eigenvalue weighted by molar-refractivity contribution is 5.19. The molecule has 1 N–H and O–H groups in total. The molecule has 2 aromatic rings. The van der Waals surface area contributed by atoms with Gasteiger partial charge in [0.25, 0.3) is 0 Å². The Hall–Kier alpha value is -1.75. The highest BCUT2D eigenvalue weighted by atomic mass is 19.1. The summed E-state index contributed by atoms with van der Waals surface area (Å²) in [6.07, 6.45) is 0.694. The maximum absolute atomic E-state index is 12.8. The molecule has 0 radical (unpaired) electrons. The van der Waals surface area contributed by atoms with Crippen molar-refractivity contribution in [3.63, 3.8) is 0 Å². The molecule has 2 rings (SSSR count). The van der Waals surface area contributed by atoms with Crippen LogP contribution in [0, 0.1) is 5.82 Å². The molecule has 0 saturated carbocycles. The molecular weight excluding hydrogens is 247 g/mol. The summed E-state index contributed by atoms with van der Waals surface area (Å²) in [7, 11) is 0. The van der Waals surface area contributed by atoms with Gasteiger partial charge in [-0.2, -0.15) is 4.98 Å². The van der Waals surface area contributed by atoms with E-state index in [0.717, 1.165) is 12.0 Å². The van der Waals surface area contributed by atoms with E-state index in [2.05, 4.69) is 10.1 Å². The minimum Gasteiger partial charge on any atom is -0.393 e. The SMILES string of the molecule is CCC(c1nc(Cc2ccc(F)cc2)no1)C(C)O. The molecule has 4 nitrogen and oxygen atoms in total. The predicted octanol–water partition coefficient (Wildman–Crippen LogP) is 2.67. The molecule has 2 unspecified atom stereocenters. The number of hydrogen-bond acceptors (Lipinski definition) is 4. The van der Waals surface area contributed by atoms with E-state index in [-0.39, 0.29) is 11.7 Å². The average molecular weight is 264 g/mol. The molecular formula is C14H17FN2O2. The molecule has 19 heavy (non-hydrogen) atoms. The van der Waals surface area contributed by atoms with E-state index in [1.807, 2.05) is 6.92 Å². The van der Waals surface area contributed by atoms with Crippen molar-refractivity contribution in [3.8, 4) is 0 Å². The fourth-order valence-electron chi connectivity index (χ4n) is 2.00. The van der Waals surface area contributed by atoms with Crippen molar-refractivity contribution in [1.82, 2.24) is 10.1 Å². The van der Waals surface area contributed by atoms with Gasteiger partial charge in [0.05, 0.1) is 12.0 Å². The van der Waals surface area contributed by atoms with Crippen LogP contribution in [0.2, 0.25) is 0 Å². The fourth-order valence-corrected chi connectivity index (χ4v) is 2.00. The predicted molar refractivity (Wildman–Crippen MR) is 68.2 cm³/mol. The van der Waals surface area contributed by atoms with Crippen LogP contribution in [-0.4, -0.2) is 21.4 Å². The first-order valence-electron chi connectivity index (χ1n) is 6.35. The van der Waals surface area contributed by atoms with Crippen LogP contribution >= 0.6 is 0 Å². The summed E-state index contributed by atoms with van der Waals surface area (Å²) in [6.45, 7) is 3.67. The molecule has 0 aliphatic heterocycles. The number of aliphatic hydroxyl groups excluding tert-OH is 1. The molecule has 0 amide bonds. The topological polar surface area (TPSA) is 59.2 Å². The lowest BCUT2D eigenvalue weighted by Gasteiger charge is -2.12. The number of aromatic nitrogens is 2. The van der Waals surface area contributed by atoms with Gasteiger partial charge in [0, 0.05) is 6.42 Å². The molecule has 1 heterocycles. The zero-order valence-electron chi connectivity index (χ0n) is 11.0. The van der Waals surface area contributed by atoms with Gasteiger partial charge in [-0.3, -0.25) is 0 Å². The summed E-state index contributed by atoms with van der Waals surface area (Å²) in [5.41, 5.74) is 0.916. The third-order valence-corrected chi connectivity index (χ3v) is 3.10. The van der Waals surface area contributed by atoms with Crippen molar-refractivity contribution in [2.24, 2.45) is 0 Å². The Balaban J connectivity index is 2.10. The van der Waals surface area contributed by atoms with Crippen molar-refractivity contribution < 1.29 is 14.0 Å². The van der Waals surface area contributed by atoms with Gasteiger partial charge in [-0.15, -0.1) is 0 Å². The fraction of sp³-hybridized carbons (Fsp3) is 0.429. The van der Waals surface area contributed by atoms with Crippen LogP contribution in [0.4, 0.5) is 4.39 Å². The Kier molecular flexibility index (Phi) is 4.27. The smallest absolute Gasteiger partial charge is 0.232 e. The second-order valence-electron chi connectivity index (χ2n) is 4.61. The number of aliphatic hydroxyl groups is 1. The van der Waals surface area contributed by atoms with Gasteiger partial charge >= 0.3 is 0 Å². The number of nitrogens with zero attached hydrogens (tertiary/aromatic N) is 2. The van der Waals surface area contributed by atoms with Crippen molar-refractivity contribution in [1.29, 1.82) is 0 Å². The summed E-state index contributed by atoms with van der Waals surface area (Å²) >= 11 is 0. The van der Waals surface area contributed by atoms with Crippen LogP contribution < -0.4 is 0 Å². The standard InChI is InChI=1S/C14H17FN2O2/c1-3-12(9(2)18)14-16-13(17-19-14)8-10-4-6-11(15)7-5-10/h4-7,9,12,18H,3,8H2,1-2H3. The van der Waals surface area contributed by atoms with Crippen LogP contribution in [0.1, 0.15) is 43.5 Å². The van der Waals surface area contributed by atoms with E-state index in [1.165, 1.54) is 12.1 Å². The molecule has 0 saturated heterocycles. The molecule has 5 heteroatoms. The zero-order valence-corrected chi connectivity index (χ0v) is 11.0. The summed E-state index contributed by atoms with van der Waals surface area (Å²) in [5.74, 6) is 0.586. The lowest BCUT2D eigenvalue weighted by atomic mass is 10.0. The van der Waals surface area contributed by atoms with Crippen LogP contribution in [0.5, 0.6) is 0 Å². The third kappa shape index (κ3) is 3.38. The van der Waals surface area contributed by atoms with Crippen molar-refractivity contribution in [2.75, 3.05) is 0 Å². The van der Waals surface area contributed by atoms with Gasteiger partial charge in [0.2, 0.25) is 5.89 Å². The molecule has 2 atom stereocenters. The molecule has 0 fully saturated rings. The van der Waals surface area contributed by atoms with E-state index in [0.29, 0.717) is 18.1 Å². The van der Waals surface area contributed by atoms with Crippen LogP contribution in [-0.2, 0) is 6.42 Å². The molecule has 0 bridgehead atoms. The van der Waals surface area contributed by atoms with Gasteiger partial charge in [-0.25, -0.2) is 4.39 Å². The Morgan fingerprint density at radius 1 is 1.32 bits per heavy atom. The van der Waals surface area contributed by atoms with E-state index in [1.54, 1.807) is 19.1 Å². The normalized spacial score (nSPS) is 14.3. The van der Waals surface area contributed by atoms with Gasteiger partial charge in [-0.1, -0.05) is 24.2 Å². The molecule has 0 aliphatic rings.